The summed E-state index contributed by atoms with van der Waals surface area (Å²) in [6.07, 6.45) is 1.08. The van der Waals surface area contributed by atoms with Gasteiger partial charge in [-0.1, -0.05) is 20.1 Å². The van der Waals surface area contributed by atoms with Gasteiger partial charge in [0.2, 0.25) is 0 Å². The summed E-state index contributed by atoms with van der Waals surface area (Å²) < 4.78 is 11.0. The summed E-state index contributed by atoms with van der Waals surface area (Å²) in [5, 5.41) is 0. The summed E-state index contributed by atoms with van der Waals surface area (Å²) in [5.41, 5.74) is 0.514. The standard InChI is InChI=1S/C16H27NO4/c1-9-10-16(13(6)17(7)8,20-14(18)11(2)3)21-15(19)12(4)5/h13H,2,4,9-10H2,1,3,5-8H3. The molecular weight excluding hydrogens is 270 g/mol. The lowest BCUT2D eigenvalue weighted by molar-refractivity contribution is -0.244. The normalized spacial score (nSPS) is 12.7. The first-order chi connectivity index (χ1) is 9.57. The van der Waals surface area contributed by atoms with E-state index in [-0.39, 0.29) is 17.2 Å². The molecule has 5 heteroatoms. The summed E-state index contributed by atoms with van der Waals surface area (Å²) in [6.45, 7) is 14.0. The highest BCUT2D eigenvalue weighted by atomic mass is 16.7. The van der Waals surface area contributed by atoms with Crippen molar-refractivity contribution in [1.82, 2.24) is 4.90 Å². The Morgan fingerprint density at radius 2 is 1.48 bits per heavy atom. The first kappa shape index (κ1) is 19.4. The van der Waals surface area contributed by atoms with Crippen molar-refractivity contribution in [2.24, 2.45) is 0 Å². The van der Waals surface area contributed by atoms with E-state index in [1.54, 1.807) is 13.8 Å². The number of carbonyl (C=O) groups is 2. The quantitative estimate of drug-likeness (QED) is 0.392. The van der Waals surface area contributed by atoms with Crippen molar-refractivity contribution < 1.29 is 19.1 Å². The highest BCUT2D eigenvalue weighted by Crippen LogP contribution is 2.29. The van der Waals surface area contributed by atoms with Crippen LogP contribution in [0.15, 0.2) is 24.3 Å². The monoisotopic (exact) mass is 297 g/mol. The molecule has 0 bridgehead atoms. The molecule has 0 radical (unpaired) electrons. The van der Waals surface area contributed by atoms with Crippen molar-refractivity contribution in [2.45, 2.75) is 52.4 Å². The summed E-state index contributed by atoms with van der Waals surface area (Å²) in [6, 6.07) is -0.316. The Hall–Kier alpha value is -1.62. The van der Waals surface area contributed by atoms with Crippen LogP contribution in [0, 0.1) is 0 Å². The Kier molecular flexibility index (Phi) is 7.36. The maximum Gasteiger partial charge on any atom is 0.336 e. The molecule has 0 rings (SSSR count). The van der Waals surface area contributed by atoms with E-state index >= 15 is 0 Å². The largest absolute Gasteiger partial charge is 0.417 e. The highest BCUT2D eigenvalue weighted by molar-refractivity contribution is 5.89. The van der Waals surface area contributed by atoms with Crippen LogP contribution in [0.4, 0.5) is 0 Å². The van der Waals surface area contributed by atoms with E-state index in [0.29, 0.717) is 12.8 Å². The van der Waals surface area contributed by atoms with E-state index in [1.807, 2.05) is 32.8 Å². The van der Waals surface area contributed by atoms with Crippen LogP contribution in [0.3, 0.4) is 0 Å². The van der Waals surface area contributed by atoms with Crippen molar-refractivity contribution in [3.8, 4) is 0 Å². The number of esters is 2. The predicted octanol–water partition coefficient (Wildman–Crippen LogP) is 2.67. The highest BCUT2D eigenvalue weighted by Gasteiger charge is 2.45. The van der Waals surface area contributed by atoms with Crippen LogP contribution < -0.4 is 0 Å². The third-order valence-corrected chi connectivity index (χ3v) is 3.24. The lowest BCUT2D eigenvalue weighted by Gasteiger charge is -2.40. The molecule has 0 heterocycles. The zero-order valence-corrected chi connectivity index (χ0v) is 14.0. The molecule has 0 aliphatic heterocycles. The van der Waals surface area contributed by atoms with Crippen LogP contribution >= 0.6 is 0 Å². The minimum Gasteiger partial charge on any atom is -0.417 e. The number of carbonyl (C=O) groups excluding carboxylic acids is 2. The zero-order valence-electron chi connectivity index (χ0n) is 14.0. The van der Waals surface area contributed by atoms with E-state index in [4.69, 9.17) is 9.47 Å². The molecule has 1 atom stereocenters. The molecule has 120 valence electrons. The van der Waals surface area contributed by atoms with Gasteiger partial charge in [0.1, 0.15) is 0 Å². The number of nitrogens with zero attached hydrogens (tertiary/aromatic N) is 1. The van der Waals surface area contributed by atoms with Crippen molar-refractivity contribution in [3.05, 3.63) is 24.3 Å². The first-order valence-corrected chi connectivity index (χ1v) is 7.01. The number of ether oxygens (including phenoxy) is 2. The smallest absolute Gasteiger partial charge is 0.336 e. The second kappa shape index (κ2) is 7.98. The SMILES string of the molecule is C=C(C)C(=O)OC(CCC)(OC(=O)C(=C)C)C(C)N(C)C. The van der Waals surface area contributed by atoms with Gasteiger partial charge in [-0.3, -0.25) is 4.90 Å². The molecular formula is C16H27NO4. The van der Waals surface area contributed by atoms with Gasteiger partial charge in [-0.05, 0) is 41.3 Å². The molecule has 0 amide bonds. The zero-order chi connectivity index (χ0) is 16.8. The third kappa shape index (κ3) is 5.34. The minimum atomic E-state index is -1.36. The van der Waals surface area contributed by atoms with Gasteiger partial charge >= 0.3 is 11.9 Å². The van der Waals surface area contributed by atoms with Crippen LogP contribution in [0.25, 0.3) is 0 Å². The average Bonchev–Trinajstić information content (AvgIpc) is 2.37. The van der Waals surface area contributed by atoms with E-state index in [0.717, 1.165) is 0 Å². The van der Waals surface area contributed by atoms with Gasteiger partial charge in [0.15, 0.2) is 0 Å². The van der Waals surface area contributed by atoms with Crippen LogP contribution in [0.5, 0.6) is 0 Å². The maximum absolute atomic E-state index is 12.0. The Morgan fingerprint density at radius 3 is 1.71 bits per heavy atom. The molecule has 0 aromatic carbocycles. The number of hydrogen-bond donors (Lipinski definition) is 0. The van der Waals surface area contributed by atoms with E-state index in [2.05, 4.69) is 13.2 Å². The van der Waals surface area contributed by atoms with Crippen molar-refractivity contribution in [2.75, 3.05) is 14.1 Å². The van der Waals surface area contributed by atoms with Gasteiger partial charge in [0.25, 0.3) is 5.79 Å². The summed E-state index contributed by atoms with van der Waals surface area (Å²) in [4.78, 5) is 25.8. The maximum atomic E-state index is 12.0. The third-order valence-electron chi connectivity index (χ3n) is 3.24. The second-order valence-electron chi connectivity index (χ2n) is 5.54. The van der Waals surface area contributed by atoms with Crippen LogP contribution in [0.1, 0.15) is 40.5 Å². The fraction of sp³-hybridized carbons (Fsp3) is 0.625. The second-order valence-corrected chi connectivity index (χ2v) is 5.54. The molecule has 0 N–H and O–H groups in total. The lowest BCUT2D eigenvalue weighted by Crippen LogP contribution is -2.54. The predicted molar refractivity (Wildman–Crippen MR) is 82.6 cm³/mol. The molecule has 0 aliphatic carbocycles. The van der Waals surface area contributed by atoms with Gasteiger partial charge in [0, 0.05) is 17.6 Å². The van der Waals surface area contributed by atoms with Gasteiger partial charge in [0.05, 0.1) is 6.04 Å². The van der Waals surface area contributed by atoms with Crippen molar-refractivity contribution in [1.29, 1.82) is 0 Å². The van der Waals surface area contributed by atoms with Gasteiger partial charge < -0.3 is 9.47 Å². The Bertz CT molecular complexity index is 398. The van der Waals surface area contributed by atoms with Crippen molar-refractivity contribution in [3.63, 3.8) is 0 Å². The molecule has 5 nitrogen and oxygen atoms in total. The number of likely N-dealkylation sites (N-methyl/N-ethyl adjacent to an activating group) is 1. The summed E-state index contributed by atoms with van der Waals surface area (Å²) in [5.74, 6) is -2.51. The summed E-state index contributed by atoms with van der Waals surface area (Å²) >= 11 is 0. The molecule has 0 aliphatic rings. The van der Waals surface area contributed by atoms with Gasteiger partial charge in [-0.25, -0.2) is 9.59 Å². The Labute approximate surface area is 127 Å². The van der Waals surface area contributed by atoms with Gasteiger partial charge in [-0.15, -0.1) is 0 Å². The van der Waals surface area contributed by atoms with Crippen LogP contribution in [0.2, 0.25) is 0 Å². The molecule has 0 spiro atoms. The van der Waals surface area contributed by atoms with Gasteiger partial charge in [-0.2, -0.15) is 0 Å². The number of hydrogen-bond acceptors (Lipinski definition) is 5. The van der Waals surface area contributed by atoms with E-state index in [1.165, 1.54) is 0 Å². The minimum absolute atomic E-state index is 0.257. The molecule has 0 saturated heterocycles. The van der Waals surface area contributed by atoms with E-state index < -0.39 is 17.7 Å². The Balaban J connectivity index is 5.62. The fourth-order valence-electron chi connectivity index (χ4n) is 1.73. The average molecular weight is 297 g/mol. The molecule has 1 unspecified atom stereocenters. The molecule has 21 heavy (non-hydrogen) atoms. The Morgan fingerprint density at radius 1 is 1.10 bits per heavy atom. The topological polar surface area (TPSA) is 55.8 Å². The number of rotatable bonds is 8. The molecule has 0 aromatic heterocycles. The van der Waals surface area contributed by atoms with Crippen molar-refractivity contribution >= 4 is 11.9 Å². The molecule has 0 saturated carbocycles. The summed E-state index contributed by atoms with van der Waals surface area (Å²) in [7, 11) is 3.66. The lowest BCUT2D eigenvalue weighted by atomic mass is 10.0. The van der Waals surface area contributed by atoms with E-state index in [9.17, 15) is 9.59 Å². The fourth-order valence-corrected chi connectivity index (χ4v) is 1.73. The van der Waals surface area contributed by atoms with Crippen LogP contribution in [-0.4, -0.2) is 42.8 Å². The molecule has 0 fully saturated rings. The first-order valence-electron chi connectivity index (χ1n) is 7.01. The molecule has 0 aromatic rings. The van der Waals surface area contributed by atoms with Crippen LogP contribution in [-0.2, 0) is 19.1 Å².